The van der Waals surface area contributed by atoms with Crippen LogP contribution in [0.4, 0.5) is 4.79 Å². The van der Waals surface area contributed by atoms with Gasteiger partial charge in [-0.15, -0.1) is 0 Å². The number of hydrogen-bond acceptors (Lipinski definition) is 5. The molecule has 2 aromatic heterocycles. The molecule has 0 aliphatic rings. The SMILES string of the molecule is CN(CCCCc1ncc(-c2ccnc(Cl)c2)cn1)C(=O)OC(C)(C)C. The maximum absolute atomic E-state index is 11.9. The number of carbonyl (C=O) groups is 1. The van der Waals surface area contributed by atoms with E-state index in [0.29, 0.717) is 11.7 Å². The molecule has 0 N–H and O–H groups in total. The Morgan fingerprint density at radius 2 is 1.85 bits per heavy atom. The van der Waals surface area contributed by atoms with E-state index < -0.39 is 5.60 Å². The van der Waals surface area contributed by atoms with Crippen molar-refractivity contribution in [2.45, 2.75) is 45.6 Å². The third-order valence-corrected chi connectivity index (χ3v) is 3.82. The molecule has 2 rings (SSSR count). The number of halogens is 1. The molecular weight excluding hydrogens is 352 g/mol. The van der Waals surface area contributed by atoms with Gasteiger partial charge in [0, 0.05) is 44.2 Å². The lowest BCUT2D eigenvalue weighted by atomic mass is 10.1. The standard InChI is InChI=1S/C19H25ClN4O2/c1-19(2,3)26-18(25)24(4)10-6-5-7-17-22-12-15(13-23-17)14-8-9-21-16(20)11-14/h8-9,11-13H,5-7,10H2,1-4H3. The van der Waals surface area contributed by atoms with Gasteiger partial charge in [-0.05, 0) is 51.3 Å². The maximum Gasteiger partial charge on any atom is 0.410 e. The van der Waals surface area contributed by atoms with Gasteiger partial charge in [0.15, 0.2) is 0 Å². The van der Waals surface area contributed by atoms with Gasteiger partial charge in [0.1, 0.15) is 16.6 Å². The summed E-state index contributed by atoms with van der Waals surface area (Å²) in [5.74, 6) is 0.786. The zero-order valence-corrected chi connectivity index (χ0v) is 16.5. The van der Waals surface area contributed by atoms with Crippen LogP contribution in [0.25, 0.3) is 11.1 Å². The predicted molar refractivity (Wildman–Crippen MR) is 102 cm³/mol. The number of aromatic nitrogens is 3. The van der Waals surface area contributed by atoms with Crippen molar-refractivity contribution in [2.75, 3.05) is 13.6 Å². The molecule has 26 heavy (non-hydrogen) atoms. The van der Waals surface area contributed by atoms with Crippen molar-refractivity contribution in [3.63, 3.8) is 0 Å². The van der Waals surface area contributed by atoms with E-state index >= 15 is 0 Å². The summed E-state index contributed by atoms with van der Waals surface area (Å²) < 4.78 is 5.33. The van der Waals surface area contributed by atoms with Crippen LogP contribution < -0.4 is 0 Å². The molecule has 0 unspecified atom stereocenters. The third kappa shape index (κ3) is 6.59. The molecule has 7 heteroatoms. The van der Waals surface area contributed by atoms with E-state index in [-0.39, 0.29) is 6.09 Å². The predicted octanol–water partition coefficient (Wildman–Crippen LogP) is 4.38. The summed E-state index contributed by atoms with van der Waals surface area (Å²) in [5, 5.41) is 0.445. The number of amides is 1. The van der Waals surface area contributed by atoms with E-state index in [2.05, 4.69) is 15.0 Å². The van der Waals surface area contributed by atoms with E-state index in [4.69, 9.17) is 16.3 Å². The molecule has 0 fully saturated rings. The fourth-order valence-corrected chi connectivity index (χ4v) is 2.45. The molecule has 0 radical (unpaired) electrons. The Morgan fingerprint density at radius 1 is 1.15 bits per heavy atom. The third-order valence-electron chi connectivity index (χ3n) is 3.61. The molecule has 0 aliphatic heterocycles. The van der Waals surface area contributed by atoms with Crippen LogP contribution in [0.5, 0.6) is 0 Å². The first-order valence-corrected chi connectivity index (χ1v) is 8.99. The Hall–Kier alpha value is -2.21. The number of carbonyl (C=O) groups excluding carboxylic acids is 1. The van der Waals surface area contributed by atoms with E-state index in [1.54, 1.807) is 36.6 Å². The zero-order valence-electron chi connectivity index (χ0n) is 15.7. The minimum absolute atomic E-state index is 0.297. The molecule has 0 spiro atoms. The Balaban J connectivity index is 1.77. The molecule has 0 atom stereocenters. The Morgan fingerprint density at radius 3 is 2.46 bits per heavy atom. The lowest BCUT2D eigenvalue weighted by Crippen LogP contribution is -2.34. The van der Waals surface area contributed by atoms with E-state index in [9.17, 15) is 4.79 Å². The van der Waals surface area contributed by atoms with Gasteiger partial charge >= 0.3 is 6.09 Å². The van der Waals surface area contributed by atoms with Crippen molar-refractivity contribution in [2.24, 2.45) is 0 Å². The highest BCUT2D eigenvalue weighted by molar-refractivity contribution is 6.29. The molecule has 140 valence electrons. The summed E-state index contributed by atoms with van der Waals surface area (Å²) >= 11 is 5.90. The topological polar surface area (TPSA) is 68.2 Å². The number of hydrogen-bond donors (Lipinski definition) is 0. The average molecular weight is 377 g/mol. The van der Waals surface area contributed by atoms with Gasteiger partial charge < -0.3 is 9.64 Å². The summed E-state index contributed by atoms with van der Waals surface area (Å²) in [6.45, 7) is 6.22. The van der Waals surface area contributed by atoms with Crippen LogP contribution in [-0.4, -0.2) is 45.1 Å². The highest BCUT2D eigenvalue weighted by Crippen LogP contribution is 2.19. The first-order chi connectivity index (χ1) is 12.2. The summed E-state index contributed by atoms with van der Waals surface area (Å²) in [6.07, 6.45) is 7.47. The molecule has 0 saturated carbocycles. The fraction of sp³-hybridized carbons (Fsp3) is 0.474. The van der Waals surface area contributed by atoms with Gasteiger partial charge in [-0.1, -0.05) is 11.6 Å². The van der Waals surface area contributed by atoms with Crippen molar-refractivity contribution in [3.05, 3.63) is 41.7 Å². The van der Waals surface area contributed by atoms with Crippen LogP contribution in [0, 0.1) is 0 Å². The first kappa shape index (κ1) is 20.1. The summed E-state index contributed by atoms with van der Waals surface area (Å²) in [4.78, 5) is 26.3. The van der Waals surface area contributed by atoms with Crippen LogP contribution >= 0.6 is 11.6 Å². The molecule has 0 aliphatic carbocycles. The van der Waals surface area contributed by atoms with Crippen LogP contribution in [0.2, 0.25) is 5.15 Å². The minimum atomic E-state index is -0.472. The lowest BCUT2D eigenvalue weighted by Gasteiger charge is -2.24. The largest absolute Gasteiger partial charge is 0.444 e. The van der Waals surface area contributed by atoms with E-state index in [1.807, 2.05) is 26.8 Å². The quantitative estimate of drug-likeness (QED) is 0.552. The van der Waals surface area contributed by atoms with Gasteiger partial charge in [-0.2, -0.15) is 0 Å². The van der Waals surface area contributed by atoms with Gasteiger partial charge in [0.25, 0.3) is 0 Å². The molecule has 0 bridgehead atoms. The normalized spacial score (nSPS) is 11.3. The molecule has 0 aromatic carbocycles. The molecule has 2 heterocycles. The van der Waals surface area contributed by atoms with Crippen molar-refractivity contribution < 1.29 is 9.53 Å². The average Bonchev–Trinajstić information content (AvgIpc) is 2.57. The maximum atomic E-state index is 11.9. The molecule has 0 saturated heterocycles. The molecule has 6 nitrogen and oxygen atoms in total. The Kier molecular flexibility index (Phi) is 6.91. The van der Waals surface area contributed by atoms with Crippen LogP contribution in [0.1, 0.15) is 39.4 Å². The van der Waals surface area contributed by atoms with Gasteiger partial charge in [-0.25, -0.2) is 19.7 Å². The van der Waals surface area contributed by atoms with Crippen molar-refractivity contribution >= 4 is 17.7 Å². The second-order valence-electron chi connectivity index (χ2n) is 7.11. The second-order valence-corrected chi connectivity index (χ2v) is 7.50. The van der Waals surface area contributed by atoms with Crippen molar-refractivity contribution in [3.8, 4) is 11.1 Å². The van der Waals surface area contributed by atoms with Gasteiger partial charge in [-0.3, -0.25) is 0 Å². The summed E-state index contributed by atoms with van der Waals surface area (Å²) in [7, 11) is 1.75. The van der Waals surface area contributed by atoms with Crippen molar-refractivity contribution in [1.82, 2.24) is 19.9 Å². The zero-order chi connectivity index (χ0) is 19.2. The van der Waals surface area contributed by atoms with Crippen LogP contribution in [-0.2, 0) is 11.2 Å². The number of pyridine rings is 1. The Bertz CT molecular complexity index is 729. The monoisotopic (exact) mass is 376 g/mol. The van der Waals surface area contributed by atoms with Gasteiger partial charge in [0.05, 0.1) is 0 Å². The van der Waals surface area contributed by atoms with Crippen LogP contribution in [0.15, 0.2) is 30.7 Å². The van der Waals surface area contributed by atoms with Crippen LogP contribution in [0.3, 0.4) is 0 Å². The Labute approximate surface area is 159 Å². The molecule has 1 amide bonds. The number of ether oxygens (including phenoxy) is 1. The smallest absolute Gasteiger partial charge is 0.410 e. The number of rotatable bonds is 6. The number of aryl methyl sites for hydroxylation is 1. The second kappa shape index (κ2) is 8.94. The number of nitrogens with zero attached hydrogens (tertiary/aromatic N) is 4. The minimum Gasteiger partial charge on any atom is -0.444 e. The first-order valence-electron chi connectivity index (χ1n) is 8.61. The lowest BCUT2D eigenvalue weighted by molar-refractivity contribution is 0.0296. The van der Waals surface area contributed by atoms with Gasteiger partial charge in [0.2, 0.25) is 0 Å². The van der Waals surface area contributed by atoms with E-state index in [0.717, 1.165) is 36.2 Å². The fourth-order valence-electron chi connectivity index (χ4n) is 2.28. The summed E-state index contributed by atoms with van der Waals surface area (Å²) in [6, 6.07) is 3.66. The highest BCUT2D eigenvalue weighted by atomic mass is 35.5. The highest BCUT2D eigenvalue weighted by Gasteiger charge is 2.19. The summed E-state index contributed by atoms with van der Waals surface area (Å²) in [5.41, 5.74) is 1.37. The molecule has 2 aromatic rings. The molecular formula is C19H25ClN4O2. The van der Waals surface area contributed by atoms with Crippen molar-refractivity contribution in [1.29, 1.82) is 0 Å². The van der Waals surface area contributed by atoms with E-state index in [1.165, 1.54) is 0 Å². The number of unbranched alkanes of at least 4 members (excludes halogenated alkanes) is 1.